The van der Waals surface area contributed by atoms with Crippen molar-refractivity contribution in [2.45, 2.75) is 316 Å². The first-order valence-corrected chi connectivity index (χ1v) is 27.4. The normalized spacial score (nSPS) is 12.0. The van der Waals surface area contributed by atoms with Crippen LogP contribution in [0.2, 0.25) is 0 Å². The molecule has 0 saturated heterocycles. The Hall–Kier alpha value is -1.59. The van der Waals surface area contributed by atoms with Gasteiger partial charge in [-0.3, -0.25) is 14.4 Å². The monoisotopic (exact) mass is 863 g/mol. The summed E-state index contributed by atoms with van der Waals surface area (Å²) in [5.74, 6) is -0.0127. The van der Waals surface area contributed by atoms with E-state index in [1.165, 1.54) is 205 Å². The first kappa shape index (κ1) is 59.4. The van der Waals surface area contributed by atoms with Gasteiger partial charge in [0.05, 0.1) is 0 Å². The lowest BCUT2D eigenvalue weighted by Crippen LogP contribution is -2.30. The lowest BCUT2D eigenvalue weighted by atomic mass is 10.0. The average molecular weight is 863 g/mol. The smallest absolute Gasteiger partial charge is 0.306 e. The fraction of sp³-hybridized carbons (Fsp3) is 0.945. The van der Waals surface area contributed by atoms with Crippen molar-refractivity contribution >= 4 is 17.9 Å². The van der Waals surface area contributed by atoms with Gasteiger partial charge in [0, 0.05) is 19.3 Å². The quantitative estimate of drug-likeness (QED) is 0.0344. The van der Waals surface area contributed by atoms with E-state index in [2.05, 4.69) is 27.7 Å². The van der Waals surface area contributed by atoms with Crippen LogP contribution >= 0.6 is 0 Å². The standard InChI is InChI=1S/C55H106O6/c1-5-7-9-11-13-15-17-19-20-21-23-27-32-36-40-44-48-55(58)61-52(49-59-53(56)46-42-38-34-30-26-22-18-16-14-12-10-8-6-2)50-60-54(57)47-43-39-35-31-28-24-25-29-33-37-41-45-51(3)4/h51-52H,5-50H2,1-4H3/t52-/m0/s1. The fourth-order valence-corrected chi connectivity index (χ4v) is 8.39. The van der Waals surface area contributed by atoms with E-state index in [0.717, 1.165) is 63.7 Å². The van der Waals surface area contributed by atoms with E-state index in [-0.39, 0.29) is 31.1 Å². The van der Waals surface area contributed by atoms with Crippen molar-refractivity contribution in [1.82, 2.24) is 0 Å². The van der Waals surface area contributed by atoms with E-state index in [9.17, 15) is 14.4 Å². The molecular formula is C55H106O6. The van der Waals surface area contributed by atoms with Crippen molar-refractivity contribution in [1.29, 1.82) is 0 Å². The summed E-state index contributed by atoms with van der Waals surface area (Å²) < 4.78 is 16.8. The van der Waals surface area contributed by atoms with Crippen LogP contribution in [0.5, 0.6) is 0 Å². The maximum Gasteiger partial charge on any atom is 0.306 e. The Morgan fingerprint density at radius 2 is 0.541 bits per heavy atom. The van der Waals surface area contributed by atoms with Crippen LogP contribution in [-0.4, -0.2) is 37.2 Å². The van der Waals surface area contributed by atoms with Gasteiger partial charge < -0.3 is 14.2 Å². The van der Waals surface area contributed by atoms with Gasteiger partial charge in [0.15, 0.2) is 6.10 Å². The molecule has 0 aliphatic carbocycles. The SMILES string of the molecule is CCCCCCCCCCCCCCCCCCC(=O)O[C@@H](COC(=O)CCCCCCCCCCCCCCC)COC(=O)CCCCCCCCCCCCCC(C)C. The Morgan fingerprint density at radius 3 is 0.803 bits per heavy atom. The van der Waals surface area contributed by atoms with Crippen LogP contribution in [0.4, 0.5) is 0 Å². The summed E-state index contributed by atoms with van der Waals surface area (Å²) in [6.45, 7) is 9.04. The molecule has 0 aromatic carbocycles. The van der Waals surface area contributed by atoms with Crippen LogP contribution in [0.25, 0.3) is 0 Å². The zero-order valence-corrected chi connectivity index (χ0v) is 41.6. The molecule has 1 atom stereocenters. The molecule has 0 spiro atoms. The molecule has 0 aromatic heterocycles. The fourth-order valence-electron chi connectivity index (χ4n) is 8.39. The third-order valence-corrected chi connectivity index (χ3v) is 12.5. The minimum absolute atomic E-state index is 0.0623. The molecule has 6 nitrogen and oxygen atoms in total. The molecule has 0 fully saturated rings. The number of esters is 3. The summed E-state index contributed by atoms with van der Waals surface area (Å²) >= 11 is 0. The number of unbranched alkanes of at least 4 members (excludes halogenated alkanes) is 37. The van der Waals surface area contributed by atoms with E-state index in [4.69, 9.17) is 14.2 Å². The van der Waals surface area contributed by atoms with Gasteiger partial charge in [-0.05, 0) is 25.2 Å². The van der Waals surface area contributed by atoms with E-state index < -0.39 is 6.10 Å². The number of hydrogen-bond acceptors (Lipinski definition) is 6. The molecule has 0 aromatic rings. The molecule has 6 heteroatoms. The summed E-state index contributed by atoms with van der Waals surface area (Å²) in [7, 11) is 0. The van der Waals surface area contributed by atoms with Gasteiger partial charge in [0.1, 0.15) is 13.2 Å². The average Bonchev–Trinajstić information content (AvgIpc) is 3.24. The number of ether oxygens (including phenoxy) is 3. The molecule has 0 aliphatic heterocycles. The second kappa shape index (κ2) is 49.4. The lowest BCUT2D eigenvalue weighted by molar-refractivity contribution is -0.167. The Bertz CT molecular complexity index is 918. The first-order chi connectivity index (χ1) is 29.9. The molecule has 0 unspecified atom stereocenters. The molecule has 362 valence electrons. The predicted molar refractivity (Wildman–Crippen MR) is 261 cm³/mol. The predicted octanol–water partition coefficient (Wildman–Crippen LogP) is 17.8. The van der Waals surface area contributed by atoms with Gasteiger partial charge in [0.25, 0.3) is 0 Å². The van der Waals surface area contributed by atoms with Gasteiger partial charge in [-0.1, -0.05) is 272 Å². The van der Waals surface area contributed by atoms with Gasteiger partial charge in [-0.15, -0.1) is 0 Å². The summed E-state index contributed by atoms with van der Waals surface area (Å²) in [4.78, 5) is 38.0. The maximum absolute atomic E-state index is 12.8. The van der Waals surface area contributed by atoms with Crippen LogP contribution in [0.3, 0.4) is 0 Å². The van der Waals surface area contributed by atoms with Crippen molar-refractivity contribution in [3.63, 3.8) is 0 Å². The molecule has 0 heterocycles. The van der Waals surface area contributed by atoms with E-state index in [1.54, 1.807) is 0 Å². The van der Waals surface area contributed by atoms with Crippen LogP contribution < -0.4 is 0 Å². The van der Waals surface area contributed by atoms with Crippen molar-refractivity contribution in [2.24, 2.45) is 5.92 Å². The molecule has 0 aliphatic rings. The summed E-state index contributed by atoms with van der Waals surface area (Å²) in [6, 6.07) is 0. The van der Waals surface area contributed by atoms with Crippen molar-refractivity contribution < 1.29 is 28.6 Å². The van der Waals surface area contributed by atoms with Gasteiger partial charge in [-0.2, -0.15) is 0 Å². The topological polar surface area (TPSA) is 78.9 Å². The second-order valence-corrected chi connectivity index (χ2v) is 19.3. The maximum atomic E-state index is 12.8. The third-order valence-electron chi connectivity index (χ3n) is 12.5. The Kier molecular flexibility index (Phi) is 48.1. The molecule has 0 saturated carbocycles. The van der Waals surface area contributed by atoms with Crippen molar-refractivity contribution in [2.75, 3.05) is 13.2 Å². The largest absolute Gasteiger partial charge is 0.462 e. The van der Waals surface area contributed by atoms with Crippen LogP contribution in [0.1, 0.15) is 310 Å². The number of rotatable bonds is 50. The Balaban J connectivity index is 4.30. The molecule has 0 amide bonds. The van der Waals surface area contributed by atoms with E-state index in [0.29, 0.717) is 19.3 Å². The Labute approximate surface area is 380 Å². The molecule has 0 radical (unpaired) electrons. The molecular weight excluding hydrogens is 757 g/mol. The summed E-state index contributed by atoms with van der Waals surface area (Å²) in [5, 5.41) is 0. The molecule has 0 rings (SSSR count). The zero-order valence-electron chi connectivity index (χ0n) is 41.6. The highest BCUT2D eigenvalue weighted by Gasteiger charge is 2.19. The van der Waals surface area contributed by atoms with Gasteiger partial charge in [-0.25, -0.2) is 0 Å². The van der Waals surface area contributed by atoms with Gasteiger partial charge in [0.2, 0.25) is 0 Å². The van der Waals surface area contributed by atoms with Crippen LogP contribution in [0, 0.1) is 5.92 Å². The highest BCUT2D eigenvalue weighted by molar-refractivity contribution is 5.71. The second-order valence-electron chi connectivity index (χ2n) is 19.3. The molecule has 0 bridgehead atoms. The minimum atomic E-state index is -0.761. The van der Waals surface area contributed by atoms with E-state index in [1.807, 2.05) is 0 Å². The number of carbonyl (C=O) groups is 3. The zero-order chi connectivity index (χ0) is 44.5. The Morgan fingerprint density at radius 1 is 0.311 bits per heavy atom. The number of hydrogen-bond donors (Lipinski definition) is 0. The first-order valence-electron chi connectivity index (χ1n) is 27.4. The van der Waals surface area contributed by atoms with Gasteiger partial charge >= 0.3 is 17.9 Å². The molecule has 61 heavy (non-hydrogen) atoms. The third kappa shape index (κ3) is 49.3. The van der Waals surface area contributed by atoms with Crippen LogP contribution in [-0.2, 0) is 28.6 Å². The number of carbonyl (C=O) groups excluding carboxylic acids is 3. The highest BCUT2D eigenvalue weighted by Crippen LogP contribution is 2.17. The lowest BCUT2D eigenvalue weighted by Gasteiger charge is -2.18. The molecule has 0 N–H and O–H groups in total. The van der Waals surface area contributed by atoms with E-state index >= 15 is 0 Å². The highest BCUT2D eigenvalue weighted by atomic mass is 16.6. The van der Waals surface area contributed by atoms with Crippen LogP contribution in [0.15, 0.2) is 0 Å². The summed E-state index contributed by atoms with van der Waals surface area (Å²) in [6.07, 6.45) is 52.3. The van der Waals surface area contributed by atoms with Crippen molar-refractivity contribution in [3.8, 4) is 0 Å². The minimum Gasteiger partial charge on any atom is -0.462 e. The van der Waals surface area contributed by atoms with Crippen molar-refractivity contribution in [3.05, 3.63) is 0 Å². The summed E-state index contributed by atoms with van der Waals surface area (Å²) in [5.41, 5.74) is 0.